The van der Waals surface area contributed by atoms with Crippen molar-refractivity contribution in [3.63, 3.8) is 0 Å². The van der Waals surface area contributed by atoms with Crippen molar-refractivity contribution in [1.29, 1.82) is 5.26 Å². The van der Waals surface area contributed by atoms with Gasteiger partial charge in [-0.1, -0.05) is 12.1 Å². The average molecular weight is 362 g/mol. The predicted octanol–water partition coefficient (Wildman–Crippen LogP) is 0.927. The lowest BCUT2D eigenvalue weighted by Crippen LogP contribution is -2.53. The monoisotopic (exact) mass is 362 g/mol. The third kappa shape index (κ3) is 7.75. The molecule has 4 N–H and O–H groups in total. The highest BCUT2D eigenvalue weighted by Gasteiger charge is 2.25. The van der Waals surface area contributed by atoms with Crippen molar-refractivity contribution in [1.82, 2.24) is 10.6 Å². The summed E-state index contributed by atoms with van der Waals surface area (Å²) in [7, 11) is 0. The number of nitrogens with two attached hydrogens (primary N) is 1. The Hall–Kier alpha value is -2.95. The number of benzene rings is 1. The number of hydrogen-bond acceptors (Lipinski definition) is 4. The van der Waals surface area contributed by atoms with E-state index in [4.69, 9.17) is 11.0 Å². The number of nitrogens with zero attached hydrogens (tertiary/aromatic N) is 1. The van der Waals surface area contributed by atoms with Crippen LogP contribution in [-0.2, 0) is 20.8 Å². The number of nitriles is 1. The van der Waals surface area contributed by atoms with Crippen LogP contribution >= 0.6 is 0 Å². The van der Waals surface area contributed by atoms with Crippen LogP contribution < -0.4 is 16.4 Å². The second-order valence-corrected chi connectivity index (χ2v) is 5.95. The summed E-state index contributed by atoms with van der Waals surface area (Å²) in [5.41, 5.74) is 5.98. The highest BCUT2D eigenvalue weighted by Crippen LogP contribution is 2.08. The van der Waals surface area contributed by atoms with Crippen molar-refractivity contribution in [2.45, 2.75) is 51.1 Å². The van der Waals surface area contributed by atoms with E-state index in [1.54, 1.807) is 0 Å². The van der Waals surface area contributed by atoms with Gasteiger partial charge < -0.3 is 16.4 Å². The van der Waals surface area contributed by atoms with E-state index < -0.39 is 35.6 Å². The van der Waals surface area contributed by atoms with E-state index in [1.807, 2.05) is 6.07 Å². The van der Waals surface area contributed by atoms with Gasteiger partial charge in [0.05, 0.1) is 6.07 Å². The van der Waals surface area contributed by atoms with Gasteiger partial charge in [-0.15, -0.1) is 0 Å². The second kappa shape index (κ2) is 10.8. The summed E-state index contributed by atoms with van der Waals surface area (Å²) < 4.78 is 13.0. The molecule has 3 amide bonds. The number of unbranched alkanes of at least 4 members (excludes halogenated alkanes) is 2. The van der Waals surface area contributed by atoms with Gasteiger partial charge in [0.2, 0.25) is 17.7 Å². The zero-order chi connectivity index (χ0) is 19.5. The standard InChI is InChI=1S/C18H23FN4O3/c1-12(24)22-16(11-13-6-8-14(19)9-7-13)18(26)23-15(17(21)25)5-3-2-4-10-20/h6-9,15-16H,2-5,11H2,1H3,(H2,21,25)(H,22,24)(H,23,26)/t15-,16-/m0/s1. The van der Waals surface area contributed by atoms with Crippen molar-refractivity contribution in [3.05, 3.63) is 35.6 Å². The number of hydrogen-bond donors (Lipinski definition) is 3. The number of carbonyl (C=O) groups is 3. The molecule has 0 aromatic heterocycles. The van der Waals surface area contributed by atoms with Gasteiger partial charge in [0.25, 0.3) is 0 Å². The molecule has 1 aromatic carbocycles. The fraction of sp³-hybridized carbons (Fsp3) is 0.444. The molecule has 1 aromatic rings. The lowest BCUT2D eigenvalue weighted by molar-refractivity contribution is -0.130. The summed E-state index contributed by atoms with van der Waals surface area (Å²) in [5, 5.41) is 13.6. The minimum Gasteiger partial charge on any atom is -0.368 e. The van der Waals surface area contributed by atoms with Crippen LogP contribution in [0.5, 0.6) is 0 Å². The number of nitrogens with one attached hydrogen (secondary N) is 2. The van der Waals surface area contributed by atoms with Gasteiger partial charge in [-0.25, -0.2) is 4.39 Å². The third-order valence-corrected chi connectivity index (χ3v) is 3.74. The van der Waals surface area contributed by atoms with Crippen LogP contribution in [0.2, 0.25) is 0 Å². The Labute approximate surface area is 151 Å². The quantitative estimate of drug-likeness (QED) is 0.535. The smallest absolute Gasteiger partial charge is 0.243 e. The maximum absolute atomic E-state index is 13.0. The summed E-state index contributed by atoms with van der Waals surface area (Å²) in [6, 6.07) is 5.77. The normalized spacial score (nSPS) is 12.5. The summed E-state index contributed by atoms with van der Waals surface area (Å²) >= 11 is 0. The molecular weight excluding hydrogens is 339 g/mol. The summed E-state index contributed by atoms with van der Waals surface area (Å²) in [6.07, 6.45) is 1.97. The first-order chi connectivity index (χ1) is 12.3. The van der Waals surface area contributed by atoms with Crippen molar-refractivity contribution in [3.8, 4) is 6.07 Å². The first-order valence-electron chi connectivity index (χ1n) is 8.31. The summed E-state index contributed by atoms with van der Waals surface area (Å²) in [5.74, 6) is -2.04. The summed E-state index contributed by atoms with van der Waals surface area (Å²) in [6.45, 7) is 1.28. The van der Waals surface area contributed by atoms with Crippen LogP contribution in [0.15, 0.2) is 24.3 Å². The fourth-order valence-corrected chi connectivity index (χ4v) is 2.42. The number of carbonyl (C=O) groups excluding carboxylic acids is 3. The van der Waals surface area contributed by atoms with Crippen molar-refractivity contribution >= 4 is 17.7 Å². The minimum absolute atomic E-state index is 0.144. The van der Waals surface area contributed by atoms with Crippen LogP contribution in [-0.4, -0.2) is 29.8 Å². The molecule has 8 heteroatoms. The van der Waals surface area contributed by atoms with Crippen LogP contribution in [0.4, 0.5) is 4.39 Å². The topological polar surface area (TPSA) is 125 Å². The summed E-state index contributed by atoms with van der Waals surface area (Å²) in [4.78, 5) is 35.4. The van der Waals surface area contributed by atoms with Gasteiger partial charge in [0, 0.05) is 19.8 Å². The van der Waals surface area contributed by atoms with Crippen molar-refractivity contribution in [2.24, 2.45) is 5.73 Å². The van der Waals surface area contributed by atoms with E-state index in [9.17, 15) is 18.8 Å². The molecule has 0 aliphatic rings. The van der Waals surface area contributed by atoms with Gasteiger partial charge in [0.1, 0.15) is 17.9 Å². The Balaban J connectivity index is 2.76. The highest BCUT2D eigenvalue weighted by atomic mass is 19.1. The molecule has 140 valence electrons. The van der Waals surface area contributed by atoms with Crippen LogP contribution in [0.3, 0.4) is 0 Å². The Bertz CT molecular complexity index is 670. The minimum atomic E-state index is -0.918. The van der Waals surface area contributed by atoms with E-state index in [0.29, 0.717) is 31.2 Å². The Morgan fingerprint density at radius 2 is 1.81 bits per heavy atom. The van der Waals surface area contributed by atoms with Crippen LogP contribution in [0, 0.1) is 17.1 Å². The molecule has 0 bridgehead atoms. The molecule has 0 unspecified atom stereocenters. The van der Waals surface area contributed by atoms with E-state index in [2.05, 4.69) is 10.6 Å². The van der Waals surface area contributed by atoms with E-state index in [-0.39, 0.29) is 6.42 Å². The number of rotatable bonds is 10. The molecule has 2 atom stereocenters. The van der Waals surface area contributed by atoms with Crippen LogP contribution in [0.1, 0.15) is 38.2 Å². The average Bonchev–Trinajstić information content (AvgIpc) is 2.58. The third-order valence-electron chi connectivity index (χ3n) is 3.74. The Kier molecular flexibility index (Phi) is 8.78. The first-order valence-corrected chi connectivity index (χ1v) is 8.31. The molecule has 0 fully saturated rings. The zero-order valence-electron chi connectivity index (χ0n) is 14.6. The molecule has 1 rings (SSSR count). The molecule has 26 heavy (non-hydrogen) atoms. The lowest BCUT2D eigenvalue weighted by Gasteiger charge is -2.21. The molecule has 7 nitrogen and oxygen atoms in total. The highest BCUT2D eigenvalue weighted by molar-refractivity contribution is 5.91. The van der Waals surface area contributed by atoms with Crippen LogP contribution in [0.25, 0.3) is 0 Å². The van der Waals surface area contributed by atoms with Gasteiger partial charge >= 0.3 is 0 Å². The number of amides is 3. The first kappa shape index (κ1) is 21.1. The van der Waals surface area contributed by atoms with Gasteiger partial charge in [-0.2, -0.15) is 5.26 Å². The molecule has 0 heterocycles. The lowest BCUT2D eigenvalue weighted by atomic mass is 10.0. The SMILES string of the molecule is CC(=O)N[C@@H](Cc1ccc(F)cc1)C(=O)N[C@@H](CCCCC#N)C(N)=O. The molecule has 0 radical (unpaired) electrons. The van der Waals surface area contributed by atoms with E-state index >= 15 is 0 Å². The zero-order valence-corrected chi connectivity index (χ0v) is 14.6. The van der Waals surface area contributed by atoms with E-state index in [1.165, 1.54) is 31.2 Å². The van der Waals surface area contributed by atoms with Crippen molar-refractivity contribution < 1.29 is 18.8 Å². The Morgan fingerprint density at radius 3 is 2.35 bits per heavy atom. The van der Waals surface area contributed by atoms with Gasteiger partial charge in [-0.05, 0) is 37.0 Å². The Morgan fingerprint density at radius 1 is 1.15 bits per heavy atom. The second-order valence-electron chi connectivity index (χ2n) is 5.95. The molecule has 0 saturated carbocycles. The maximum atomic E-state index is 13.0. The van der Waals surface area contributed by atoms with Gasteiger partial charge in [-0.3, -0.25) is 14.4 Å². The van der Waals surface area contributed by atoms with E-state index in [0.717, 1.165) is 0 Å². The van der Waals surface area contributed by atoms with Crippen molar-refractivity contribution in [2.75, 3.05) is 0 Å². The molecule has 0 spiro atoms. The molecular formula is C18H23FN4O3. The largest absolute Gasteiger partial charge is 0.368 e. The predicted molar refractivity (Wildman–Crippen MR) is 92.9 cm³/mol. The van der Waals surface area contributed by atoms with Gasteiger partial charge in [0.15, 0.2) is 0 Å². The molecule has 0 aliphatic carbocycles. The number of halogens is 1. The fourth-order valence-electron chi connectivity index (χ4n) is 2.42. The number of primary amides is 1. The molecule has 0 aliphatic heterocycles. The molecule has 0 saturated heterocycles. The maximum Gasteiger partial charge on any atom is 0.243 e.